The van der Waals surface area contributed by atoms with Crippen LogP contribution in [-0.4, -0.2) is 11.9 Å². The molecule has 90 valence electrons. The van der Waals surface area contributed by atoms with E-state index < -0.39 is 6.51 Å². The Morgan fingerprint density at radius 3 is 1.76 bits per heavy atom. The quantitative estimate of drug-likeness (QED) is 0.767. The SMILES string of the molecule is O=C(NC1CC1)[C]12[CH]3[CH]4[CH]5[CH]1[Fe]45321678[CH]2[CH]1[CH]6[CH]7[CH]28. The maximum atomic E-state index is 13.0. The van der Waals surface area contributed by atoms with Crippen molar-refractivity contribution < 1.29 is 11.3 Å². The number of carbonyl (C=O) groups excluding carboxylic acids is 1. The molecule has 10 saturated heterocycles. The summed E-state index contributed by atoms with van der Waals surface area (Å²) in [5, 5.41) is 3.47. The van der Waals surface area contributed by atoms with Crippen LogP contribution in [0.15, 0.2) is 0 Å². The second kappa shape index (κ2) is 0.475. The number of hydrogen-bond acceptors (Lipinski definition) is 1. The fourth-order valence-electron chi connectivity index (χ4n) is 17.3. The number of nitrogens with one attached hydrogen (secondary N) is 1. The molecule has 1 amide bonds. The molecule has 4 atom stereocenters. The van der Waals surface area contributed by atoms with E-state index in [-0.39, 0.29) is 0 Å². The van der Waals surface area contributed by atoms with Gasteiger partial charge in [0.25, 0.3) is 0 Å². The number of carbonyl (C=O) groups is 1. The molecule has 10 heterocycles. The molecule has 0 aromatic heterocycles. The van der Waals surface area contributed by atoms with Crippen molar-refractivity contribution in [3.63, 3.8) is 0 Å². The minimum absolute atomic E-state index is 0.474. The first kappa shape index (κ1) is 5.96. The summed E-state index contributed by atoms with van der Waals surface area (Å²) in [6.07, 6.45) is 2.55. The average Bonchev–Trinajstić information content (AvgIpc) is 3.31. The second-order valence-corrected chi connectivity index (χ2v) is 35.0. The van der Waals surface area contributed by atoms with E-state index in [2.05, 4.69) is 5.32 Å². The molecule has 0 bridgehead atoms. The van der Waals surface area contributed by atoms with E-state index in [1.807, 2.05) is 0 Å². The van der Waals surface area contributed by atoms with E-state index >= 15 is 0 Å². The van der Waals surface area contributed by atoms with Crippen molar-refractivity contribution in [2.24, 2.45) is 0 Å². The van der Waals surface area contributed by atoms with Gasteiger partial charge >= 0.3 is 89.1 Å². The molecule has 0 aromatic rings. The van der Waals surface area contributed by atoms with E-state index in [1.54, 1.807) is 0 Å². The van der Waals surface area contributed by atoms with Crippen molar-refractivity contribution in [3.05, 3.63) is 0 Å². The van der Waals surface area contributed by atoms with E-state index in [0.717, 1.165) is 9.63 Å². The maximum absolute atomic E-state index is 13.0. The summed E-state index contributed by atoms with van der Waals surface area (Å²) in [6.45, 7) is -3.08. The van der Waals surface area contributed by atoms with Crippen molar-refractivity contribution in [1.29, 1.82) is 0 Å². The van der Waals surface area contributed by atoms with Gasteiger partial charge in [0.1, 0.15) is 0 Å². The zero-order valence-corrected chi connectivity index (χ0v) is 10.6. The molecule has 11 rings (SSSR count). The van der Waals surface area contributed by atoms with Gasteiger partial charge in [-0.3, -0.25) is 0 Å². The molecule has 10 aliphatic heterocycles. The standard InChI is InChI=1S/C9H10NO.C5H5.Fe/c11-9(10-8-5-6-8)7-3-1-2-4-7;1-2-4-5-3-1;/h1-4,8H,5-6H2,(H,10,11);1-5H;. The van der Waals surface area contributed by atoms with Gasteiger partial charge in [-0.05, 0) is 0 Å². The molecular formula is C14H15FeNO. The van der Waals surface area contributed by atoms with Crippen molar-refractivity contribution in [3.8, 4) is 0 Å². The molecule has 17 heavy (non-hydrogen) atoms. The van der Waals surface area contributed by atoms with E-state index in [4.69, 9.17) is 0 Å². The minimum atomic E-state index is -3.08. The summed E-state index contributed by atoms with van der Waals surface area (Å²) in [7, 11) is 0. The molecule has 0 aromatic carbocycles. The zero-order valence-electron chi connectivity index (χ0n) is 9.45. The van der Waals surface area contributed by atoms with Gasteiger partial charge < -0.3 is 0 Å². The van der Waals surface area contributed by atoms with Gasteiger partial charge in [0, 0.05) is 0 Å². The van der Waals surface area contributed by atoms with E-state index in [9.17, 15) is 4.79 Å². The van der Waals surface area contributed by atoms with Crippen LogP contribution < -0.4 is 5.32 Å². The summed E-state index contributed by atoms with van der Waals surface area (Å²) >= 11 is 0. The Hall–Kier alpha value is -0.0105. The fraction of sp³-hybridized carbons (Fsp3) is 0.929. The van der Waals surface area contributed by atoms with Gasteiger partial charge in [-0.25, -0.2) is 0 Å². The normalized spacial score (nSPS) is 123. The summed E-state index contributed by atoms with van der Waals surface area (Å²) in [4.78, 5) is 24.4. The first-order valence-corrected chi connectivity index (χ1v) is 13.9. The zero-order chi connectivity index (χ0) is 10.3. The average molecular weight is 269 g/mol. The first-order valence-electron chi connectivity index (χ1n) is 7.57. The van der Waals surface area contributed by atoms with Gasteiger partial charge in [0.2, 0.25) is 0 Å². The number of hydrogen-bond donors (Lipinski definition) is 1. The van der Waals surface area contributed by atoms with Crippen LogP contribution in [0.3, 0.4) is 0 Å². The Bertz CT molecular complexity index is 941. The Labute approximate surface area is 89.2 Å². The number of amides is 1. The third kappa shape index (κ3) is 0.0613. The van der Waals surface area contributed by atoms with Crippen LogP contribution in [0.1, 0.15) is 12.8 Å². The van der Waals surface area contributed by atoms with Crippen LogP contribution in [-0.2, 0) is 11.3 Å². The molecule has 3 heteroatoms. The Balaban J connectivity index is 1.48. The van der Waals surface area contributed by atoms with Crippen LogP contribution >= 0.6 is 0 Å². The molecule has 1 saturated carbocycles. The summed E-state index contributed by atoms with van der Waals surface area (Å²) in [6, 6.07) is 0.614. The van der Waals surface area contributed by atoms with Crippen molar-refractivity contribution in [1.82, 2.24) is 5.32 Å². The Kier molecular flexibility index (Phi) is 0.167. The van der Waals surface area contributed by atoms with Crippen LogP contribution in [0.4, 0.5) is 0 Å². The predicted octanol–water partition coefficient (Wildman–Crippen LogP) is 3.02. The Morgan fingerprint density at radius 1 is 0.941 bits per heavy atom. The molecule has 11 aliphatic rings. The van der Waals surface area contributed by atoms with Gasteiger partial charge in [-0.1, -0.05) is 0 Å². The number of rotatable bonds is 2. The van der Waals surface area contributed by atoms with E-state index in [1.165, 1.54) is 46.6 Å². The monoisotopic (exact) mass is 269 g/mol. The molecule has 1 spiro atoms. The topological polar surface area (TPSA) is 29.1 Å². The van der Waals surface area contributed by atoms with Gasteiger partial charge in [-0.2, -0.15) is 0 Å². The van der Waals surface area contributed by atoms with Crippen LogP contribution in [0.5, 0.6) is 0 Å². The van der Waals surface area contributed by atoms with Gasteiger partial charge in [0.05, 0.1) is 0 Å². The van der Waals surface area contributed by atoms with Gasteiger partial charge in [-0.15, -0.1) is 0 Å². The summed E-state index contributed by atoms with van der Waals surface area (Å²) in [5.41, 5.74) is 0. The van der Waals surface area contributed by atoms with Crippen molar-refractivity contribution >= 4 is 5.91 Å². The summed E-state index contributed by atoms with van der Waals surface area (Å²) in [5.74, 6) is 0.659. The van der Waals surface area contributed by atoms with Crippen LogP contribution in [0.2, 0.25) is 47.7 Å². The third-order valence-electron chi connectivity index (χ3n) is 15.9. The molecule has 11 fully saturated rings. The predicted molar refractivity (Wildman–Crippen MR) is 57.6 cm³/mol. The van der Waals surface area contributed by atoms with E-state index in [0.29, 0.717) is 16.3 Å². The third-order valence-corrected chi connectivity index (χ3v) is 58.2. The van der Waals surface area contributed by atoms with Crippen molar-refractivity contribution in [2.75, 3.05) is 0 Å². The molecule has 1 aliphatic carbocycles. The van der Waals surface area contributed by atoms with Gasteiger partial charge in [0.15, 0.2) is 0 Å². The Morgan fingerprint density at radius 2 is 1.47 bits per heavy atom. The molecular weight excluding hydrogens is 254 g/mol. The number of fused-ring (bicyclic) bond motifs is 10. The van der Waals surface area contributed by atoms with Crippen LogP contribution in [0.25, 0.3) is 0 Å². The fourth-order valence-corrected chi connectivity index (χ4v) is 91.0. The van der Waals surface area contributed by atoms with Crippen LogP contribution in [0, 0.1) is 0 Å². The summed E-state index contributed by atoms with van der Waals surface area (Å²) < 4.78 is 0.474. The first-order chi connectivity index (χ1) is 8.04. The molecule has 1 N–H and O–H groups in total. The van der Waals surface area contributed by atoms with Crippen molar-refractivity contribution in [2.45, 2.75) is 66.5 Å². The molecule has 4 unspecified atom stereocenters. The molecule has 2 nitrogen and oxygen atoms in total. The molecule has 0 radical (unpaired) electrons. The second-order valence-electron chi connectivity index (χ2n) is 11.4.